The molecule has 0 radical (unpaired) electrons. The molecule has 0 spiro atoms. The largest absolute Gasteiger partial charge is 0.471 e. The van der Waals surface area contributed by atoms with Crippen molar-refractivity contribution in [3.63, 3.8) is 0 Å². The molecule has 244 valence electrons. The molecule has 46 heavy (non-hydrogen) atoms. The molecule has 22 heteroatoms. The standard InChI is InChI=1S/C24H22F3N7O10P2/c25-24(26,27)10-33-19-5-13(1-2-14(19)8-29-33)15-6-16(15)20-7-18(30-21-3-4-28-34(20)21)17-9-31(11-43-45(37,38)39)23(36)32(22(17)35)12-44-46(40,41)42/h1-5,7-9,15-16H,6,10-12H2,(H2,37,38,39)(H2,40,41,42)/t15-,16+/m1/s1. The van der Waals surface area contributed by atoms with Gasteiger partial charge in [0.05, 0.1) is 34.9 Å². The zero-order valence-electron chi connectivity index (χ0n) is 23.0. The fraction of sp³-hybridized carbons (Fsp3) is 0.292. The first kappa shape index (κ1) is 32.0. The first-order valence-corrected chi connectivity index (χ1v) is 16.2. The Balaban J connectivity index is 1.41. The Kier molecular flexibility index (Phi) is 7.89. The third-order valence-electron chi connectivity index (χ3n) is 7.22. The van der Waals surface area contributed by atoms with E-state index in [4.69, 9.17) is 19.6 Å². The summed E-state index contributed by atoms with van der Waals surface area (Å²) in [4.78, 5) is 67.2. The zero-order chi connectivity index (χ0) is 33.2. The average molecular weight is 687 g/mol. The van der Waals surface area contributed by atoms with Crippen molar-refractivity contribution < 1.29 is 50.9 Å². The van der Waals surface area contributed by atoms with Crippen molar-refractivity contribution >= 4 is 32.2 Å². The van der Waals surface area contributed by atoms with Crippen molar-refractivity contribution in [2.24, 2.45) is 0 Å². The number of fused-ring (bicyclic) bond motifs is 2. The van der Waals surface area contributed by atoms with Crippen LogP contribution in [0.3, 0.4) is 0 Å². The quantitative estimate of drug-likeness (QED) is 0.154. The lowest BCUT2D eigenvalue weighted by molar-refractivity contribution is -0.141. The molecule has 4 aromatic heterocycles. The molecule has 1 saturated carbocycles. The Morgan fingerprint density at radius 3 is 2.37 bits per heavy atom. The van der Waals surface area contributed by atoms with Crippen LogP contribution < -0.4 is 11.2 Å². The van der Waals surface area contributed by atoms with Gasteiger partial charge >= 0.3 is 27.5 Å². The molecule has 0 amide bonds. The van der Waals surface area contributed by atoms with Crippen molar-refractivity contribution in [3.05, 3.63) is 81.0 Å². The first-order valence-electron chi connectivity index (χ1n) is 13.1. The fourth-order valence-electron chi connectivity index (χ4n) is 5.15. The molecule has 1 aliphatic carbocycles. The van der Waals surface area contributed by atoms with Gasteiger partial charge in [0, 0.05) is 23.6 Å². The molecule has 1 aromatic carbocycles. The summed E-state index contributed by atoms with van der Waals surface area (Å²) in [5.41, 5.74) is -0.861. The van der Waals surface area contributed by atoms with Crippen LogP contribution in [-0.4, -0.2) is 59.3 Å². The molecule has 17 nitrogen and oxygen atoms in total. The average Bonchev–Trinajstić information content (AvgIpc) is 3.43. The lowest BCUT2D eigenvalue weighted by atomic mass is 10.1. The second-order valence-electron chi connectivity index (χ2n) is 10.4. The summed E-state index contributed by atoms with van der Waals surface area (Å²) in [7, 11) is -10.3. The van der Waals surface area contributed by atoms with Gasteiger partial charge in [-0.05, 0) is 30.0 Å². The van der Waals surface area contributed by atoms with Gasteiger partial charge in [-0.25, -0.2) is 28.0 Å². The van der Waals surface area contributed by atoms with Gasteiger partial charge in [-0.15, -0.1) is 0 Å². The molecule has 2 atom stereocenters. The zero-order valence-corrected chi connectivity index (χ0v) is 24.8. The number of halogens is 3. The lowest BCUT2D eigenvalue weighted by Gasteiger charge is -2.15. The van der Waals surface area contributed by atoms with Crippen LogP contribution in [0, 0.1) is 0 Å². The number of hydrogen-bond donors (Lipinski definition) is 4. The minimum absolute atomic E-state index is 0.0350. The van der Waals surface area contributed by atoms with E-state index >= 15 is 0 Å². The Morgan fingerprint density at radius 2 is 1.67 bits per heavy atom. The molecule has 4 N–H and O–H groups in total. The van der Waals surface area contributed by atoms with Crippen LogP contribution in [0.15, 0.2) is 58.5 Å². The van der Waals surface area contributed by atoms with Gasteiger partial charge in [0.25, 0.3) is 5.56 Å². The van der Waals surface area contributed by atoms with Crippen molar-refractivity contribution in [2.75, 3.05) is 0 Å². The number of aromatic nitrogens is 7. The third kappa shape index (κ3) is 6.74. The highest BCUT2D eigenvalue weighted by Crippen LogP contribution is 2.55. The molecule has 1 fully saturated rings. The van der Waals surface area contributed by atoms with Gasteiger partial charge in [-0.3, -0.25) is 23.1 Å². The minimum atomic E-state index is -5.17. The summed E-state index contributed by atoms with van der Waals surface area (Å²) in [5.74, 6) is -0.412. The number of rotatable bonds is 10. The van der Waals surface area contributed by atoms with Crippen LogP contribution in [0.4, 0.5) is 13.2 Å². The molecule has 4 heterocycles. The Morgan fingerprint density at radius 1 is 0.957 bits per heavy atom. The second kappa shape index (κ2) is 11.4. The molecule has 0 unspecified atom stereocenters. The summed E-state index contributed by atoms with van der Waals surface area (Å²) < 4.78 is 73.8. The highest BCUT2D eigenvalue weighted by molar-refractivity contribution is 7.46. The van der Waals surface area contributed by atoms with E-state index < -0.39 is 53.1 Å². The number of nitrogens with zero attached hydrogens (tertiary/aromatic N) is 7. The minimum Gasteiger partial charge on any atom is -0.303 e. The predicted molar refractivity (Wildman–Crippen MR) is 149 cm³/mol. The summed E-state index contributed by atoms with van der Waals surface area (Å²) in [6, 6.07) is 8.10. The van der Waals surface area contributed by atoms with Crippen LogP contribution >= 0.6 is 15.6 Å². The predicted octanol–water partition coefficient (Wildman–Crippen LogP) is 2.04. The van der Waals surface area contributed by atoms with E-state index in [1.807, 2.05) is 0 Å². The number of hydrogen-bond acceptors (Lipinski definition) is 9. The summed E-state index contributed by atoms with van der Waals surface area (Å²) in [6.45, 7) is -3.52. The van der Waals surface area contributed by atoms with E-state index in [1.54, 1.807) is 18.2 Å². The lowest BCUT2D eigenvalue weighted by Crippen LogP contribution is -2.41. The SMILES string of the molecule is O=c1c(-c2cc([C@H]3C[C@@H]3c3ccc4cnn(CC(F)(F)F)c4c3)n3nccc3n2)cn(COP(=O)(O)O)c(=O)n1COP(=O)(O)O. The number of phosphoric acid groups is 2. The summed E-state index contributed by atoms with van der Waals surface area (Å²) in [5, 5.41) is 8.67. The van der Waals surface area contributed by atoms with Crippen LogP contribution in [0.5, 0.6) is 0 Å². The highest BCUT2D eigenvalue weighted by atomic mass is 31.2. The molecular formula is C24H22F3N7O10P2. The topological polar surface area (TPSA) is 226 Å². The molecule has 5 aromatic rings. The number of alkyl halides is 3. The second-order valence-corrected chi connectivity index (χ2v) is 12.9. The van der Waals surface area contributed by atoms with E-state index in [0.29, 0.717) is 32.2 Å². The van der Waals surface area contributed by atoms with Crippen LogP contribution in [0.25, 0.3) is 27.8 Å². The van der Waals surface area contributed by atoms with E-state index in [-0.39, 0.29) is 28.7 Å². The molecular weight excluding hydrogens is 665 g/mol. The molecule has 0 aliphatic heterocycles. The Labute approximate surface area is 253 Å². The van der Waals surface area contributed by atoms with Crippen LogP contribution in [0.1, 0.15) is 29.5 Å². The molecule has 1 aliphatic rings. The number of phosphoric ester groups is 2. The maximum atomic E-state index is 13.4. The van der Waals surface area contributed by atoms with Gasteiger partial charge in [-0.2, -0.15) is 23.4 Å². The van der Waals surface area contributed by atoms with Crippen molar-refractivity contribution in [1.29, 1.82) is 0 Å². The first-order chi connectivity index (χ1) is 21.5. The smallest absolute Gasteiger partial charge is 0.303 e. The van der Waals surface area contributed by atoms with E-state index in [0.717, 1.165) is 16.4 Å². The monoisotopic (exact) mass is 687 g/mol. The third-order valence-corrected chi connectivity index (χ3v) is 8.12. The molecule has 0 saturated heterocycles. The Hall–Kier alpha value is -4.00. The summed E-state index contributed by atoms with van der Waals surface area (Å²) >= 11 is 0. The van der Waals surface area contributed by atoms with Gasteiger partial charge in [0.2, 0.25) is 0 Å². The Bertz CT molecular complexity index is 2200. The van der Waals surface area contributed by atoms with Crippen molar-refractivity contribution in [3.8, 4) is 11.3 Å². The maximum absolute atomic E-state index is 13.4. The van der Waals surface area contributed by atoms with Gasteiger partial charge < -0.3 is 19.6 Å². The van der Waals surface area contributed by atoms with Crippen molar-refractivity contribution in [1.82, 2.24) is 33.5 Å². The van der Waals surface area contributed by atoms with Crippen LogP contribution in [0.2, 0.25) is 0 Å². The fourth-order valence-corrected chi connectivity index (χ4v) is 5.69. The number of benzene rings is 1. The van der Waals surface area contributed by atoms with Gasteiger partial charge in [0.15, 0.2) is 5.65 Å². The maximum Gasteiger partial charge on any atom is 0.471 e. The molecule has 6 rings (SSSR count). The van der Waals surface area contributed by atoms with Gasteiger partial charge in [0.1, 0.15) is 20.0 Å². The summed E-state index contributed by atoms with van der Waals surface area (Å²) in [6.07, 6.45) is -0.211. The normalized spacial score (nSPS) is 17.3. The highest BCUT2D eigenvalue weighted by Gasteiger charge is 2.42. The van der Waals surface area contributed by atoms with Gasteiger partial charge in [-0.1, -0.05) is 12.1 Å². The molecule has 0 bridgehead atoms. The van der Waals surface area contributed by atoms with E-state index in [2.05, 4.69) is 24.2 Å². The van der Waals surface area contributed by atoms with E-state index in [9.17, 15) is 31.9 Å². The van der Waals surface area contributed by atoms with Crippen LogP contribution in [-0.2, 0) is 38.2 Å². The van der Waals surface area contributed by atoms with E-state index in [1.165, 1.54) is 29.0 Å². The van der Waals surface area contributed by atoms with Crippen molar-refractivity contribution in [2.45, 2.75) is 44.4 Å².